The molecule has 1 atom stereocenters. The van der Waals surface area contributed by atoms with Gasteiger partial charge in [-0.3, -0.25) is 19.3 Å². The summed E-state index contributed by atoms with van der Waals surface area (Å²) in [4.78, 5) is 41.2. The van der Waals surface area contributed by atoms with Crippen LogP contribution in [0.1, 0.15) is 72.5 Å². The van der Waals surface area contributed by atoms with E-state index in [0.29, 0.717) is 37.3 Å². The van der Waals surface area contributed by atoms with Crippen molar-refractivity contribution < 1.29 is 19.1 Å². The summed E-state index contributed by atoms with van der Waals surface area (Å²) in [6, 6.07) is 13.6. The van der Waals surface area contributed by atoms with Gasteiger partial charge in [0.2, 0.25) is 0 Å². The molecule has 3 aliphatic rings. The lowest BCUT2D eigenvalue weighted by atomic mass is 9.92. The number of rotatable bonds is 7. The summed E-state index contributed by atoms with van der Waals surface area (Å²) in [5.41, 5.74) is 3.82. The number of fused-ring (bicyclic) bond motifs is 1. The van der Waals surface area contributed by atoms with Gasteiger partial charge in [-0.15, -0.1) is 0 Å². The Labute approximate surface area is 207 Å². The van der Waals surface area contributed by atoms with Gasteiger partial charge < -0.3 is 9.64 Å². The molecule has 2 aromatic rings. The van der Waals surface area contributed by atoms with Crippen molar-refractivity contribution >= 4 is 17.5 Å². The summed E-state index contributed by atoms with van der Waals surface area (Å²) in [5.74, 6) is 1.23. The van der Waals surface area contributed by atoms with Crippen LogP contribution in [0.5, 0.6) is 5.75 Å². The maximum Gasteiger partial charge on any atom is 0.255 e. The van der Waals surface area contributed by atoms with Crippen LogP contribution >= 0.6 is 0 Å². The zero-order valence-corrected chi connectivity index (χ0v) is 20.5. The number of amides is 1. The van der Waals surface area contributed by atoms with Crippen molar-refractivity contribution in [3.63, 3.8) is 0 Å². The first kappa shape index (κ1) is 23.7. The minimum atomic E-state index is -0.513. The third-order valence-corrected chi connectivity index (χ3v) is 7.88. The van der Waals surface area contributed by atoms with Gasteiger partial charge in [0.25, 0.3) is 5.91 Å². The van der Waals surface area contributed by atoms with Gasteiger partial charge >= 0.3 is 0 Å². The fraction of sp³-hybridized carbons (Fsp3) is 0.483. The molecule has 2 heterocycles. The summed E-state index contributed by atoms with van der Waals surface area (Å²) in [5, 5.41) is 0. The van der Waals surface area contributed by atoms with Crippen LogP contribution in [0.25, 0.3) is 0 Å². The first-order valence-electron chi connectivity index (χ1n) is 12.9. The molecule has 35 heavy (non-hydrogen) atoms. The minimum absolute atomic E-state index is 0.0356. The SMILES string of the molecule is CCC1CCN(Cc2ccc(COc3cccc4c3CN(C3CCC(=O)CC3=O)C4=O)cc2)CC1. The highest BCUT2D eigenvalue weighted by atomic mass is 16.5. The maximum atomic E-state index is 13.0. The minimum Gasteiger partial charge on any atom is -0.489 e. The van der Waals surface area contributed by atoms with Gasteiger partial charge in [-0.2, -0.15) is 0 Å². The first-order chi connectivity index (χ1) is 17.0. The van der Waals surface area contributed by atoms with Crippen LogP contribution in [-0.4, -0.2) is 46.4 Å². The van der Waals surface area contributed by atoms with Crippen LogP contribution < -0.4 is 4.74 Å². The van der Waals surface area contributed by atoms with Crippen LogP contribution in [-0.2, 0) is 29.3 Å². The highest BCUT2D eigenvalue weighted by Crippen LogP contribution is 2.34. The number of carbonyl (C=O) groups is 3. The Morgan fingerprint density at radius 1 is 0.943 bits per heavy atom. The second-order valence-electron chi connectivity index (χ2n) is 10.2. The molecule has 1 aliphatic carbocycles. The zero-order chi connectivity index (χ0) is 24.4. The number of benzene rings is 2. The predicted molar refractivity (Wildman–Crippen MR) is 133 cm³/mol. The molecule has 0 aromatic heterocycles. The van der Waals surface area contributed by atoms with E-state index >= 15 is 0 Å². The van der Waals surface area contributed by atoms with E-state index in [9.17, 15) is 14.4 Å². The van der Waals surface area contributed by atoms with Gasteiger partial charge in [-0.25, -0.2) is 0 Å². The van der Waals surface area contributed by atoms with Crippen molar-refractivity contribution in [3.8, 4) is 5.75 Å². The molecule has 2 aromatic carbocycles. The van der Waals surface area contributed by atoms with Crippen molar-refractivity contribution in [2.24, 2.45) is 5.92 Å². The number of piperidine rings is 1. The number of hydrogen-bond acceptors (Lipinski definition) is 5. The van der Waals surface area contributed by atoms with Crippen LogP contribution in [0.4, 0.5) is 0 Å². The molecular weight excluding hydrogens is 440 g/mol. The summed E-state index contributed by atoms with van der Waals surface area (Å²) in [6.07, 6.45) is 4.59. The molecule has 0 spiro atoms. The van der Waals surface area contributed by atoms with Gasteiger partial charge in [0, 0.05) is 24.1 Å². The number of hydrogen-bond donors (Lipinski definition) is 0. The van der Waals surface area contributed by atoms with Gasteiger partial charge in [0.1, 0.15) is 18.1 Å². The van der Waals surface area contributed by atoms with E-state index in [1.165, 1.54) is 37.9 Å². The topological polar surface area (TPSA) is 66.9 Å². The quantitative estimate of drug-likeness (QED) is 0.552. The standard InChI is InChI=1S/C29H34N2O4/c1-2-20-12-14-30(15-13-20)17-21-6-8-22(9-7-21)19-35-28-5-3-4-24-25(28)18-31(29(24)34)26-11-10-23(32)16-27(26)33/h3-9,20,26H,2,10-19H2,1H3. The predicted octanol–water partition coefficient (Wildman–Crippen LogP) is 4.53. The number of Topliss-reactive ketones (excluding diaryl/α,β-unsaturated/α-hetero) is 2. The average Bonchev–Trinajstić information content (AvgIpc) is 3.21. The van der Waals surface area contributed by atoms with Gasteiger partial charge in [-0.1, -0.05) is 43.7 Å². The third-order valence-electron chi connectivity index (χ3n) is 7.88. The lowest BCUT2D eigenvalue weighted by Gasteiger charge is -2.31. The van der Waals surface area contributed by atoms with Crippen molar-refractivity contribution in [2.45, 2.75) is 71.2 Å². The molecule has 0 N–H and O–H groups in total. The lowest BCUT2D eigenvalue weighted by molar-refractivity contribution is -0.133. The van der Waals surface area contributed by atoms with Crippen LogP contribution in [0.15, 0.2) is 42.5 Å². The molecule has 1 saturated carbocycles. The normalized spacial score (nSPS) is 21.5. The Balaban J connectivity index is 1.19. The molecule has 6 heteroatoms. The van der Waals surface area contributed by atoms with Crippen molar-refractivity contribution in [1.29, 1.82) is 0 Å². The molecular formula is C29H34N2O4. The number of nitrogens with zero attached hydrogens (tertiary/aromatic N) is 2. The van der Waals surface area contributed by atoms with Gasteiger partial charge in [0.15, 0.2) is 5.78 Å². The summed E-state index contributed by atoms with van der Waals surface area (Å²) in [7, 11) is 0. The zero-order valence-electron chi connectivity index (χ0n) is 20.5. The second-order valence-corrected chi connectivity index (χ2v) is 10.2. The Hall–Kier alpha value is -2.99. The van der Waals surface area contributed by atoms with E-state index in [1.807, 2.05) is 12.1 Å². The van der Waals surface area contributed by atoms with E-state index < -0.39 is 6.04 Å². The molecule has 1 saturated heterocycles. The maximum absolute atomic E-state index is 13.0. The molecule has 0 bridgehead atoms. The molecule has 1 unspecified atom stereocenters. The number of ether oxygens (including phenoxy) is 1. The highest BCUT2D eigenvalue weighted by Gasteiger charge is 2.40. The average molecular weight is 475 g/mol. The van der Waals surface area contributed by atoms with Crippen LogP contribution in [0, 0.1) is 5.92 Å². The van der Waals surface area contributed by atoms with Gasteiger partial charge in [-0.05, 0) is 61.5 Å². The van der Waals surface area contributed by atoms with E-state index in [0.717, 1.165) is 23.6 Å². The summed E-state index contributed by atoms with van der Waals surface area (Å²) in [6.45, 7) is 6.42. The molecule has 2 fully saturated rings. The molecule has 184 valence electrons. The Bertz CT molecular complexity index is 1100. The number of ketones is 2. The van der Waals surface area contributed by atoms with Gasteiger partial charge in [0.05, 0.1) is 19.0 Å². The first-order valence-corrected chi connectivity index (χ1v) is 12.9. The van der Waals surface area contributed by atoms with E-state index in [1.54, 1.807) is 11.0 Å². The van der Waals surface area contributed by atoms with Crippen molar-refractivity contribution in [3.05, 3.63) is 64.7 Å². The molecule has 5 rings (SSSR count). The molecule has 0 radical (unpaired) electrons. The molecule has 2 aliphatic heterocycles. The fourth-order valence-corrected chi connectivity index (χ4v) is 5.61. The van der Waals surface area contributed by atoms with E-state index in [2.05, 4.69) is 36.1 Å². The highest BCUT2D eigenvalue weighted by molar-refractivity contribution is 6.07. The summed E-state index contributed by atoms with van der Waals surface area (Å²) < 4.78 is 6.15. The Kier molecular flexibility index (Phi) is 7.00. The van der Waals surface area contributed by atoms with Crippen molar-refractivity contribution in [1.82, 2.24) is 9.80 Å². The largest absolute Gasteiger partial charge is 0.489 e. The third kappa shape index (κ3) is 5.18. The Morgan fingerprint density at radius 3 is 2.40 bits per heavy atom. The van der Waals surface area contributed by atoms with Crippen LogP contribution in [0.2, 0.25) is 0 Å². The smallest absolute Gasteiger partial charge is 0.255 e. The Morgan fingerprint density at radius 2 is 1.69 bits per heavy atom. The second kappa shape index (κ2) is 10.3. The van der Waals surface area contributed by atoms with E-state index in [-0.39, 0.29) is 23.9 Å². The van der Waals surface area contributed by atoms with Crippen molar-refractivity contribution in [2.75, 3.05) is 13.1 Å². The molecule has 6 nitrogen and oxygen atoms in total. The fourth-order valence-electron chi connectivity index (χ4n) is 5.61. The number of carbonyl (C=O) groups excluding carboxylic acids is 3. The molecule has 1 amide bonds. The number of likely N-dealkylation sites (tertiary alicyclic amines) is 1. The summed E-state index contributed by atoms with van der Waals surface area (Å²) >= 11 is 0. The van der Waals surface area contributed by atoms with Crippen LogP contribution in [0.3, 0.4) is 0 Å². The lowest BCUT2D eigenvalue weighted by Crippen LogP contribution is -2.44. The monoisotopic (exact) mass is 474 g/mol. The van der Waals surface area contributed by atoms with E-state index in [4.69, 9.17) is 4.74 Å².